The van der Waals surface area contributed by atoms with E-state index >= 15 is 0 Å². The number of nitrogens with two attached hydrogens (primary N) is 1. The van der Waals surface area contributed by atoms with E-state index in [-0.39, 0.29) is 28.5 Å². The van der Waals surface area contributed by atoms with E-state index < -0.39 is 45.8 Å². The molecular formula is C21H24FN3O6S2. The molecule has 3 rings (SSSR count). The predicted molar refractivity (Wildman–Crippen MR) is 120 cm³/mol. The van der Waals surface area contributed by atoms with Gasteiger partial charge in [0.15, 0.2) is 6.61 Å². The molecule has 0 bridgehead atoms. The van der Waals surface area contributed by atoms with E-state index in [1.54, 1.807) is 13.8 Å². The Labute approximate surface area is 194 Å². The number of thiophene rings is 1. The van der Waals surface area contributed by atoms with Crippen LogP contribution in [0.1, 0.15) is 51.4 Å². The molecule has 0 radical (unpaired) electrons. The normalized spacial score (nSPS) is 13.1. The van der Waals surface area contributed by atoms with Gasteiger partial charge in [-0.2, -0.15) is 4.31 Å². The van der Waals surface area contributed by atoms with Gasteiger partial charge in [0, 0.05) is 18.0 Å². The molecule has 1 aromatic carbocycles. The first-order chi connectivity index (χ1) is 15.6. The number of hydrogen-bond acceptors (Lipinski definition) is 7. The Hall–Kier alpha value is -2.83. The average molecular weight is 498 g/mol. The van der Waals surface area contributed by atoms with Crippen molar-refractivity contribution < 1.29 is 31.9 Å². The standard InChI is InChI=1S/C21H24FN3O6S2/c1-3-25(4-2)33(29,30)12-8-9-15(22)14(10-12)21(28)31-11-17(26)24-20-18(19(23)27)13-6-5-7-16(13)32-20/h8-10H,3-7,11H2,1-2H3,(H2,23,27)(H,24,26). The van der Waals surface area contributed by atoms with Gasteiger partial charge < -0.3 is 15.8 Å². The molecule has 2 amide bonds. The summed E-state index contributed by atoms with van der Waals surface area (Å²) < 4.78 is 45.6. The molecule has 178 valence electrons. The molecule has 9 nitrogen and oxygen atoms in total. The number of primary amides is 1. The number of benzene rings is 1. The summed E-state index contributed by atoms with van der Waals surface area (Å²) in [5.41, 5.74) is 5.93. The highest BCUT2D eigenvalue weighted by atomic mass is 32.2. The largest absolute Gasteiger partial charge is 0.452 e. The van der Waals surface area contributed by atoms with Crippen molar-refractivity contribution in [2.75, 3.05) is 25.0 Å². The zero-order valence-electron chi connectivity index (χ0n) is 18.1. The number of aryl methyl sites for hydroxylation is 1. The third kappa shape index (κ3) is 5.07. The smallest absolute Gasteiger partial charge is 0.341 e. The third-order valence-corrected chi connectivity index (χ3v) is 8.51. The molecule has 1 heterocycles. The van der Waals surface area contributed by atoms with Crippen molar-refractivity contribution in [2.24, 2.45) is 5.73 Å². The molecule has 0 fully saturated rings. The average Bonchev–Trinajstić information content (AvgIpc) is 3.33. The van der Waals surface area contributed by atoms with Gasteiger partial charge in [-0.05, 0) is 43.0 Å². The van der Waals surface area contributed by atoms with Crippen LogP contribution in [0.25, 0.3) is 0 Å². The molecule has 0 unspecified atom stereocenters. The minimum atomic E-state index is -3.92. The Morgan fingerprint density at radius 1 is 1.21 bits per heavy atom. The number of anilines is 1. The number of nitrogens with zero attached hydrogens (tertiary/aromatic N) is 1. The quantitative estimate of drug-likeness (QED) is 0.510. The van der Waals surface area contributed by atoms with Crippen LogP contribution in [0.3, 0.4) is 0 Å². The molecule has 0 aliphatic heterocycles. The number of halogens is 1. The van der Waals surface area contributed by atoms with Crippen LogP contribution < -0.4 is 11.1 Å². The van der Waals surface area contributed by atoms with Gasteiger partial charge in [0.05, 0.1) is 16.0 Å². The number of ether oxygens (including phenoxy) is 1. The summed E-state index contributed by atoms with van der Waals surface area (Å²) >= 11 is 1.25. The van der Waals surface area contributed by atoms with Crippen molar-refractivity contribution in [1.29, 1.82) is 0 Å². The molecule has 0 saturated carbocycles. The number of carbonyl (C=O) groups excluding carboxylic acids is 3. The minimum absolute atomic E-state index is 0.204. The number of rotatable bonds is 9. The number of fused-ring (bicyclic) bond motifs is 1. The molecule has 1 aliphatic carbocycles. The van der Waals surface area contributed by atoms with Crippen LogP contribution in [-0.4, -0.2) is 50.2 Å². The number of sulfonamides is 1. The first-order valence-corrected chi connectivity index (χ1v) is 12.6. The second-order valence-corrected chi connectivity index (χ2v) is 10.3. The lowest BCUT2D eigenvalue weighted by atomic mass is 10.1. The van der Waals surface area contributed by atoms with Crippen molar-refractivity contribution in [2.45, 2.75) is 38.0 Å². The fourth-order valence-corrected chi connectivity index (χ4v) is 6.45. The lowest BCUT2D eigenvalue weighted by Gasteiger charge is -2.18. The van der Waals surface area contributed by atoms with E-state index in [2.05, 4.69) is 5.32 Å². The number of hydrogen-bond donors (Lipinski definition) is 2. The topological polar surface area (TPSA) is 136 Å². The first kappa shape index (κ1) is 24.8. The van der Waals surface area contributed by atoms with E-state index in [9.17, 15) is 27.2 Å². The highest BCUT2D eigenvalue weighted by Gasteiger charge is 2.27. The van der Waals surface area contributed by atoms with Crippen molar-refractivity contribution in [1.82, 2.24) is 4.31 Å². The van der Waals surface area contributed by atoms with Crippen LogP contribution in [0.5, 0.6) is 0 Å². The van der Waals surface area contributed by atoms with E-state index in [0.29, 0.717) is 6.42 Å². The molecule has 3 N–H and O–H groups in total. The molecule has 0 atom stereocenters. The van der Waals surface area contributed by atoms with Crippen molar-refractivity contribution in [3.05, 3.63) is 45.6 Å². The fraction of sp³-hybridized carbons (Fsp3) is 0.381. The molecule has 0 saturated heterocycles. The highest BCUT2D eigenvalue weighted by molar-refractivity contribution is 7.89. The first-order valence-electron chi connectivity index (χ1n) is 10.3. The zero-order valence-corrected chi connectivity index (χ0v) is 19.8. The van der Waals surface area contributed by atoms with E-state index in [0.717, 1.165) is 45.8 Å². The van der Waals surface area contributed by atoms with Gasteiger partial charge in [0.2, 0.25) is 10.0 Å². The molecule has 1 aliphatic rings. The molecule has 12 heteroatoms. The number of esters is 1. The van der Waals surface area contributed by atoms with Crippen molar-refractivity contribution in [3.8, 4) is 0 Å². The van der Waals surface area contributed by atoms with E-state index in [1.165, 1.54) is 11.3 Å². The summed E-state index contributed by atoms with van der Waals surface area (Å²) in [6.45, 7) is 2.96. The Bertz CT molecular complexity index is 1200. The lowest BCUT2D eigenvalue weighted by molar-refractivity contribution is -0.119. The predicted octanol–water partition coefficient (Wildman–Crippen LogP) is 2.30. The van der Waals surface area contributed by atoms with Crippen molar-refractivity contribution >= 4 is 44.1 Å². The Kier molecular flexibility index (Phi) is 7.50. The minimum Gasteiger partial charge on any atom is -0.452 e. The van der Waals surface area contributed by atoms with Gasteiger partial charge in [0.25, 0.3) is 11.8 Å². The maximum absolute atomic E-state index is 14.2. The van der Waals surface area contributed by atoms with E-state index in [1.807, 2.05) is 0 Å². The van der Waals surface area contributed by atoms with Gasteiger partial charge in [-0.3, -0.25) is 9.59 Å². The number of nitrogens with one attached hydrogen (secondary N) is 1. The van der Waals surface area contributed by atoms with Crippen molar-refractivity contribution in [3.63, 3.8) is 0 Å². The summed E-state index contributed by atoms with van der Waals surface area (Å²) in [6.07, 6.45) is 2.39. The molecule has 0 spiro atoms. The Morgan fingerprint density at radius 3 is 2.55 bits per heavy atom. The number of amides is 2. The Morgan fingerprint density at radius 2 is 1.91 bits per heavy atom. The third-order valence-electron chi connectivity index (χ3n) is 5.26. The second-order valence-electron chi connectivity index (χ2n) is 7.28. The highest BCUT2D eigenvalue weighted by Crippen LogP contribution is 2.38. The summed E-state index contributed by atoms with van der Waals surface area (Å²) in [5, 5.41) is 2.80. The summed E-state index contributed by atoms with van der Waals surface area (Å²) in [5.74, 6) is -3.57. The van der Waals surface area contributed by atoms with Crippen LogP contribution in [0, 0.1) is 5.82 Å². The van der Waals surface area contributed by atoms with Gasteiger partial charge >= 0.3 is 5.97 Å². The summed E-state index contributed by atoms with van der Waals surface area (Å²) in [7, 11) is -3.92. The van der Waals surface area contributed by atoms with Gasteiger partial charge in [-0.25, -0.2) is 17.6 Å². The van der Waals surface area contributed by atoms with Crippen LogP contribution in [0.4, 0.5) is 9.39 Å². The molecule has 2 aromatic rings. The molecule has 1 aromatic heterocycles. The Balaban J connectivity index is 1.72. The maximum Gasteiger partial charge on any atom is 0.341 e. The maximum atomic E-state index is 14.2. The fourth-order valence-electron chi connectivity index (χ4n) is 3.66. The van der Waals surface area contributed by atoms with Gasteiger partial charge in [-0.1, -0.05) is 13.8 Å². The monoisotopic (exact) mass is 497 g/mol. The lowest BCUT2D eigenvalue weighted by Crippen LogP contribution is -2.30. The van der Waals surface area contributed by atoms with Gasteiger partial charge in [0.1, 0.15) is 10.8 Å². The summed E-state index contributed by atoms with van der Waals surface area (Å²) in [4.78, 5) is 37.2. The molecular weight excluding hydrogens is 473 g/mol. The molecule has 33 heavy (non-hydrogen) atoms. The second kappa shape index (κ2) is 9.98. The van der Waals surface area contributed by atoms with Crippen LogP contribution in [0.15, 0.2) is 23.1 Å². The summed E-state index contributed by atoms with van der Waals surface area (Å²) in [6, 6.07) is 2.81. The van der Waals surface area contributed by atoms with E-state index in [4.69, 9.17) is 10.5 Å². The SMILES string of the molecule is CCN(CC)S(=O)(=O)c1ccc(F)c(C(=O)OCC(=O)Nc2sc3c(c2C(N)=O)CCC3)c1. The zero-order chi connectivity index (χ0) is 24.3. The van der Waals surface area contributed by atoms with Gasteiger partial charge in [-0.15, -0.1) is 11.3 Å². The van der Waals surface area contributed by atoms with Crippen LogP contribution >= 0.6 is 11.3 Å². The number of carbonyl (C=O) groups is 3. The van der Waals surface area contributed by atoms with Crippen LogP contribution in [0.2, 0.25) is 0 Å². The van der Waals surface area contributed by atoms with Crippen LogP contribution in [-0.2, 0) is 32.4 Å².